The van der Waals surface area contributed by atoms with Crippen LogP contribution in [0, 0.1) is 6.92 Å². The highest BCUT2D eigenvalue weighted by Gasteiger charge is 2.27. The number of anilines is 2. The van der Waals surface area contributed by atoms with E-state index in [1.807, 2.05) is 17.0 Å². The summed E-state index contributed by atoms with van der Waals surface area (Å²) in [7, 11) is 0. The number of benzene rings is 2. The fourth-order valence-electron chi connectivity index (χ4n) is 4.59. The van der Waals surface area contributed by atoms with E-state index in [1.165, 1.54) is 0 Å². The first kappa shape index (κ1) is 26.0. The Hall–Kier alpha value is -3.03. The normalized spacial score (nSPS) is 13.5. The third-order valence-electron chi connectivity index (χ3n) is 6.54. The van der Waals surface area contributed by atoms with Crippen molar-refractivity contribution in [1.29, 1.82) is 0 Å². The van der Waals surface area contributed by atoms with E-state index in [0.29, 0.717) is 45.7 Å². The molecule has 36 heavy (non-hydrogen) atoms. The molecule has 4 rings (SSSR count). The van der Waals surface area contributed by atoms with Gasteiger partial charge in [-0.3, -0.25) is 9.59 Å². The van der Waals surface area contributed by atoms with Crippen molar-refractivity contribution in [2.45, 2.75) is 40.0 Å². The molecule has 0 saturated carbocycles. The molecule has 2 amide bonds. The highest BCUT2D eigenvalue weighted by Crippen LogP contribution is 2.37. The molecule has 1 saturated heterocycles. The molecule has 1 aromatic heterocycles. The second-order valence-electron chi connectivity index (χ2n) is 8.77. The molecule has 0 unspecified atom stereocenters. The fourth-order valence-corrected chi connectivity index (χ4v) is 5.17. The molecular formula is C27H30Cl2N4O3. The zero-order valence-electron chi connectivity index (χ0n) is 20.7. The quantitative estimate of drug-likeness (QED) is 0.369. The van der Waals surface area contributed by atoms with Gasteiger partial charge < -0.3 is 19.6 Å². The molecule has 1 N–H and O–H groups in total. The SMILES string of the molecule is CCN(CC)c1ccc(NC(=O)c2c(-c3c(Cl)cccc3Cl)noc2C)c(C(=O)N2CCCCC2)c1. The maximum atomic E-state index is 13.6. The Morgan fingerprint density at radius 2 is 1.72 bits per heavy atom. The lowest BCUT2D eigenvalue weighted by Crippen LogP contribution is -2.36. The van der Waals surface area contributed by atoms with Crippen LogP contribution in [0.25, 0.3) is 11.3 Å². The van der Waals surface area contributed by atoms with E-state index in [4.69, 9.17) is 27.7 Å². The van der Waals surface area contributed by atoms with Crippen molar-refractivity contribution in [3.63, 3.8) is 0 Å². The highest BCUT2D eigenvalue weighted by atomic mass is 35.5. The molecule has 0 bridgehead atoms. The smallest absolute Gasteiger partial charge is 0.261 e. The molecule has 2 heterocycles. The van der Waals surface area contributed by atoms with Crippen LogP contribution in [-0.4, -0.2) is 48.0 Å². The lowest BCUT2D eigenvalue weighted by atomic mass is 10.0. The number of carbonyl (C=O) groups excluding carboxylic acids is 2. The van der Waals surface area contributed by atoms with Crippen LogP contribution < -0.4 is 10.2 Å². The second-order valence-corrected chi connectivity index (χ2v) is 9.58. The molecule has 3 aromatic rings. The third kappa shape index (κ3) is 5.22. The zero-order chi connectivity index (χ0) is 25.8. The van der Waals surface area contributed by atoms with Gasteiger partial charge in [-0.25, -0.2) is 0 Å². The topological polar surface area (TPSA) is 78.7 Å². The molecule has 0 atom stereocenters. The van der Waals surface area contributed by atoms with Crippen LogP contribution in [0.2, 0.25) is 10.0 Å². The van der Waals surface area contributed by atoms with Crippen LogP contribution in [0.3, 0.4) is 0 Å². The molecule has 1 aliphatic heterocycles. The first-order chi connectivity index (χ1) is 17.3. The van der Waals surface area contributed by atoms with Crippen LogP contribution >= 0.6 is 23.2 Å². The van der Waals surface area contributed by atoms with Crippen molar-refractivity contribution in [1.82, 2.24) is 10.1 Å². The largest absolute Gasteiger partial charge is 0.372 e. The van der Waals surface area contributed by atoms with Gasteiger partial charge in [0.15, 0.2) is 0 Å². The number of rotatable bonds is 7. The van der Waals surface area contributed by atoms with Crippen molar-refractivity contribution < 1.29 is 14.1 Å². The molecular weight excluding hydrogens is 499 g/mol. The van der Waals surface area contributed by atoms with Crippen molar-refractivity contribution >= 4 is 46.4 Å². The standard InChI is InChI=1S/C27H30Cl2N4O3/c1-4-32(5-2)18-12-13-22(19(16-18)27(35)33-14-7-6-8-15-33)30-26(34)23-17(3)36-31-25(23)24-20(28)10-9-11-21(24)29/h9-13,16H,4-8,14-15H2,1-3H3,(H,30,34). The van der Waals surface area contributed by atoms with Crippen LogP contribution in [0.5, 0.6) is 0 Å². The molecule has 190 valence electrons. The minimum absolute atomic E-state index is 0.0876. The summed E-state index contributed by atoms with van der Waals surface area (Å²) in [5.74, 6) is -0.222. The predicted molar refractivity (Wildman–Crippen MR) is 144 cm³/mol. The Kier molecular flexibility index (Phi) is 8.21. The van der Waals surface area contributed by atoms with Gasteiger partial charge in [0.25, 0.3) is 11.8 Å². The Morgan fingerprint density at radius 3 is 2.36 bits per heavy atom. The first-order valence-electron chi connectivity index (χ1n) is 12.3. The highest BCUT2D eigenvalue weighted by molar-refractivity contribution is 6.39. The summed E-state index contributed by atoms with van der Waals surface area (Å²) in [5.41, 5.74) is 2.72. The molecule has 9 heteroatoms. The lowest BCUT2D eigenvalue weighted by Gasteiger charge is -2.28. The summed E-state index contributed by atoms with van der Waals surface area (Å²) in [5, 5.41) is 7.72. The minimum Gasteiger partial charge on any atom is -0.372 e. The van der Waals surface area contributed by atoms with Crippen LogP contribution in [0.1, 0.15) is 59.6 Å². The summed E-state index contributed by atoms with van der Waals surface area (Å²) in [6, 6.07) is 10.6. The fraction of sp³-hybridized carbons (Fsp3) is 0.370. The van der Waals surface area contributed by atoms with Gasteiger partial charge in [-0.15, -0.1) is 0 Å². The van der Waals surface area contributed by atoms with Gasteiger partial charge in [0.2, 0.25) is 0 Å². The van der Waals surface area contributed by atoms with Gasteiger partial charge in [-0.1, -0.05) is 34.4 Å². The molecule has 1 aliphatic rings. The monoisotopic (exact) mass is 528 g/mol. The summed E-state index contributed by atoms with van der Waals surface area (Å²) >= 11 is 12.8. The van der Waals surface area contributed by atoms with Crippen molar-refractivity contribution in [3.8, 4) is 11.3 Å². The number of nitrogens with one attached hydrogen (secondary N) is 1. The average Bonchev–Trinajstić information content (AvgIpc) is 3.26. The number of aromatic nitrogens is 1. The van der Waals surface area contributed by atoms with Crippen molar-refractivity contribution in [2.75, 3.05) is 36.4 Å². The van der Waals surface area contributed by atoms with Gasteiger partial charge >= 0.3 is 0 Å². The van der Waals surface area contributed by atoms with E-state index < -0.39 is 5.91 Å². The van der Waals surface area contributed by atoms with Gasteiger partial charge in [0.1, 0.15) is 17.0 Å². The number of piperidine rings is 1. The average molecular weight is 529 g/mol. The van der Waals surface area contributed by atoms with Crippen molar-refractivity contribution in [3.05, 3.63) is 63.3 Å². The van der Waals surface area contributed by atoms with Crippen molar-refractivity contribution in [2.24, 2.45) is 0 Å². The van der Waals surface area contributed by atoms with Gasteiger partial charge in [-0.05, 0) is 70.4 Å². The number of amides is 2. The molecule has 2 aromatic carbocycles. The van der Waals surface area contributed by atoms with Gasteiger partial charge in [-0.2, -0.15) is 0 Å². The van der Waals surface area contributed by atoms with Crippen LogP contribution in [0.4, 0.5) is 11.4 Å². The summed E-state index contributed by atoms with van der Waals surface area (Å²) < 4.78 is 5.36. The number of likely N-dealkylation sites (tertiary alicyclic amines) is 1. The zero-order valence-corrected chi connectivity index (χ0v) is 22.2. The van der Waals surface area contributed by atoms with Crippen LogP contribution in [-0.2, 0) is 0 Å². The number of aryl methyl sites for hydroxylation is 1. The van der Waals surface area contributed by atoms with E-state index in [2.05, 4.69) is 29.2 Å². The van der Waals surface area contributed by atoms with Gasteiger partial charge in [0, 0.05) is 37.4 Å². The number of nitrogens with zero attached hydrogens (tertiary/aromatic N) is 3. The molecule has 1 fully saturated rings. The third-order valence-corrected chi connectivity index (χ3v) is 7.17. The van der Waals surface area contributed by atoms with E-state index in [1.54, 1.807) is 31.2 Å². The van der Waals surface area contributed by atoms with E-state index in [9.17, 15) is 9.59 Å². The second kappa shape index (κ2) is 11.4. The maximum absolute atomic E-state index is 13.6. The molecule has 7 nitrogen and oxygen atoms in total. The summed E-state index contributed by atoms with van der Waals surface area (Å²) in [4.78, 5) is 31.2. The van der Waals surface area contributed by atoms with E-state index in [-0.39, 0.29) is 17.2 Å². The predicted octanol–water partition coefficient (Wildman–Crippen LogP) is 6.68. The Balaban J connectivity index is 1.73. The number of hydrogen-bond donors (Lipinski definition) is 1. The Labute approximate surface area is 221 Å². The maximum Gasteiger partial charge on any atom is 0.261 e. The molecule has 0 aliphatic carbocycles. The van der Waals surface area contributed by atoms with E-state index in [0.717, 1.165) is 38.0 Å². The number of halogens is 2. The summed E-state index contributed by atoms with van der Waals surface area (Å²) in [6.07, 6.45) is 3.07. The Morgan fingerprint density at radius 1 is 1.06 bits per heavy atom. The summed E-state index contributed by atoms with van der Waals surface area (Å²) in [6.45, 7) is 8.83. The Bertz CT molecular complexity index is 1240. The van der Waals surface area contributed by atoms with E-state index >= 15 is 0 Å². The molecule has 0 radical (unpaired) electrons. The number of hydrogen-bond acceptors (Lipinski definition) is 5. The number of carbonyl (C=O) groups is 2. The van der Waals surface area contributed by atoms with Gasteiger partial charge in [0.05, 0.1) is 21.3 Å². The minimum atomic E-state index is -0.456. The first-order valence-corrected chi connectivity index (χ1v) is 13.0. The van der Waals surface area contributed by atoms with Crippen LogP contribution in [0.15, 0.2) is 40.9 Å². The molecule has 0 spiro atoms. The lowest BCUT2D eigenvalue weighted by molar-refractivity contribution is 0.0725.